The van der Waals surface area contributed by atoms with Crippen molar-refractivity contribution >= 4 is 5.97 Å². The third-order valence-corrected chi connectivity index (χ3v) is 1.43. The molecule has 1 fully saturated rings. The lowest BCUT2D eigenvalue weighted by atomic mass is 10.2. The fourth-order valence-corrected chi connectivity index (χ4v) is 0.884. The van der Waals surface area contributed by atoms with Gasteiger partial charge in [-0.25, -0.2) is 4.79 Å². The summed E-state index contributed by atoms with van der Waals surface area (Å²) in [6.45, 7) is 2.95. The highest BCUT2D eigenvalue weighted by Gasteiger charge is 2.22. The molecule has 0 N–H and O–H groups in total. The van der Waals surface area contributed by atoms with E-state index in [0.29, 0.717) is 19.6 Å². The van der Waals surface area contributed by atoms with E-state index in [4.69, 9.17) is 14.2 Å². The molecule has 0 aromatic rings. The standard InChI is InChI=1S/C7H12O4/c1-2-10-7(8)6-3-4-9-5-11-6/h6H,2-5H2,1H3. The molecule has 1 unspecified atom stereocenters. The van der Waals surface area contributed by atoms with E-state index >= 15 is 0 Å². The molecule has 1 saturated heterocycles. The van der Waals surface area contributed by atoms with Gasteiger partial charge in [0.05, 0.1) is 13.2 Å². The molecule has 0 spiro atoms. The second-order valence-electron chi connectivity index (χ2n) is 2.22. The summed E-state index contributed by atoms with van der Waals surface area (Å²) in [6, 6.07) is 0. The third kappa shape index (κ3) is 2.48. The summed E-state index contributed by atoms with van der Waals surface area (Å²) in [5, 5.41) is 0. The molecular formula is C7H12O4. The molecule has 1 heterocycles. The van der Waals surface area contributed by atoms with Crippen LogP contribution < -0.4 is 0 Å². The smallest absolute Gasteiger partial charge is 0.335 e. The summed E-state index contributed by atoms with van der Waals surface area (Å²) in [6.07, 6.45) is 0.183. The molecule has 1 aliphatic heterocycles. The van der Waals surface area contributed by atoms with Crippen molar-refractivity contribution in [2.45, 2.75) is 19.4 Å². The van der Waals surface area contributed by atoms with Gasteiger partial charge in [-0.05, 0) is 6.92 Å². The number of hydrogen-bond acceptors (Lipinski definition) is 4. The molecule has 0 amide bonds. The summed E-state index contributed by atoms with van der Waals surface area (Å²) < 4.78 is 14.7. The van der Waals surface area contributed by atoms with E-state index in [1.807, 2.05) is 0 Å². The van der Waals surface area contributed by atoms with Crippen LogP contribution in [0.5, 0.6) is 0 Å². The van der Waals surface area contributed by atoms with Gasteiger partial charge in [0.1, 0.15) is 6.79 Å². The van der Waals surface area contributed by atoms with Crippen LogP contribution in [0.1, 0.15) is 13.3 Å². The highest BCUT2D eigenvalue weighted by molar-refractivity contribution is 5.74. The summed E-state index contributed by atoms with van der Waals surface area (Å²) in [5.74, 6) is -0.282. The lowest BCUT2D eigenvalue weighted by Crippen LogP contribution is -2.32. The van der Waals surface area contributed by atoms with Gasteiger partial charge in [-0.2, -0.15) is 0 Å². The number of rotatable bonds is 2. The number of carbonyl (C=O) groups is 1. The molecule has 11 heavy (non-hydrogen) atoms. The van der Waals surface area contributed by atoms with Crippen LogP contribution >= 0.6 is 0 Å². The van der Waals surface area contributed by atoms with Gasteiger partial charge in [-0.3, -0.25) is 0 Å². The Kier molecular flexibility index (Phi) is 3.32. The van der Waals surface area contributed by atoms with E-state index in [9.17, 15) is 4.79 Å². The SMILES string of the molecule is CCOC(=O)C1CCOCO1. The van der Waals surface area contributed by atoms with Crippen LogP contribution in [-0.2, 0) is 19.0 Å². The van der Waals surface area contributed by atoms with Crippen molar-refractivity contribution in [3.8, 4) is 0 Å². The summed E-state index contributed by atoms with van der Waals surface area (Å²) in [7, 11) is 0. The molecule has 4 nitrogen and oxygen atoms in total. The van der Waals surface area contributed by atoms with Gasteiger partial charge >= 0.3 is 5.97 Å². The van der Waals surface area contributed by atoms with Crippen molar-refractivity contribution in [3.63, 3.8) is 0 Å². The summed E-state index contributed by atoms with van der Waals surface area (Å²) in [5.41, 5.74) is 0. The first kappa shape index (κ1) is 8.49. The van der Waals surface area contributed by atoms with E-state index in [0.717, 1.165) is 0 Å². The Balaban J connectivity index is 2.27. The number of esters is 1. The maximum absolute atomic E-state index is 11.0. The highest BCUT2D eigenvalue weighted by Crippen LogP contribution is 2.07. The Morgan fingerprint density at radius 2 is 2.55 bits per heavy atom. The Labute approximate surface area is 65.4 Å². The maximum Gasteiger partial charge on any atom is 0.335 e. The minimum Gasteiger partial charge on any atom is -0.464 e. The molecule has 0 radical (unpaired) electrons. The lowest BCUT2D eigenvalue weighted by molar-refractivity contribution is -0.182. The van der Waals surface area contributed by atoms with Crippen LogP contribution in [-0.4, -0.2) is 32.1 Å². The van der Waals surface area contributed by atoms with Crippen LogP contribution in [0.2, 0.25) is 0 Å². The van der Waals surface area contributed by atoms with Gasteiger partial charge in [0.25, 0.3) is 0 Å². The first-order valence-corrected chi connectivity index (χ1v) is 3.70. The fourth-order valence-electron chi connectivity index (χ4n) is 0.884. The average Bonchev–Trinajstić information content (AvgIpc) is 2.07. The Morgan fingerprint density at radius 1 is 1.73 bits per heavy atom. The van der Waals surface area contributed by atoms with Gasteiger partial charge in [0.15, 0.2) is 6.10 Å². The maximum atomic E-state index is 11.0. The van der Waals surface area contributed by atoms with Crippen LogP contribution in [0.4, 0.5) is 0 Å². The van der Waals surface area contributed by atoms with Crippen molar-refractivity contribution in [3.05, 3.63) is 0 Å². The van der Waals surface area contributed by atoms with Crippen LogP contribution in [0.3, 0.4) is 0 Å². The van der Waals surface area contributed by atoms with Gasteiger partial charge in [-0.1, -0.05) is 0 Å². The summed E-state index contributed by atoms with van der Waals surface area (Å²) in [4.78, 5) is 11.0. The Morgan fingerprint density at radius 3 is 3.09 bits per heavy atom. The molecule has 0 aromatic carbocycles. The Hall–Kier alpha value is -0.610. The number of carbonyl (C=O) groups excluding carboxylic acids is 1. The molecule has 0 aliphatic carbocycles. The quantitative estimate of drug-likeness (QED) is 0.545. The van der Waals surface area contributed by atoms with Crippen molar-refractivity contribution < 1.29 is 19.0 Å². The average molecular weight is 160 g/mol. The molecule has 1 aliphatic rings. The summed E-state index contributed by atoms with van der Waals surface area (Å²) >= 11 is 0. The van der Waals surface area contributed by atoms with Crippen molar-refractivity contribution in [1.29, 1.82) is 0 Å². The van der Waals surface area contributed by atoms with Crippen LogP contribution in [0.15, 0.2) is 0 Å². The molecule has 1 atom stereocenters. The van der Waals surface area contributed by atoms with Crippen LogP contribution in [0, 0.1) is 0 Å². The van der Waals surface area contributed by atoms with Crippen molar-refractivity contribution in [2.24, 2.45) is 0 Å². The minimum atomic E-state index is -0.413. The van der Waals surface area contributed by atoms with Crippen LogP contribution in [0.25, 0.3) is 0 Å². The van der Waals surface area contributed by atoms with Gasteiger partial charge in [-0.15, -0.1) is 0 Å². The molecule has 64 valence electrons. The molecule has 0 bridgehead atoms. The lowest BCUT2D eigenvalue weighted by Gasteiger charge is -2.20. The van der Waals surface area contributed by atoms with Gasteiger partial charge in [0, 0.05) is 6.42 Å². The monoisotopic (exact) mass is 160 g/mol. The van der Waals surface area contributed by atoms with Gasteiger partial charge in [0.2, 0.25) is 0 Å². The third-order valence-electron chi connectivity index (χ3n) is 1.43. The van der Waals surface area contributed by atoms with E-state index in [1.54, 1.807) is 6.92 Å². The normalized spacial score (nSPS) is 24.6. The van der Waals surface area contributed by atoms with E-state index in [-0.39, 0.29) is 12.8 Å². The zero-order valence-electron chi connectivity index (χ0n) is 6.54. The van der Waals surface area contributed by atoms with E-state index in [2.05, 4.69) is 0 Å². The largest absolute Gasteiger partial charge is 0.464 e. The molecule has 1 rings (SSSR count). The van der Waals surface area contributed by atoms with E-state index < -0.39 is 6.10 Å². The zero-order chi connectivity index (χ0) is 8.10. The zero-order valence-corrected chi connectivity index (χ0v) is 6.54. The second kappa shape index (κ2) is 4.31. The topological polar surface area (TPSA) is 44.8 Å². The van der Waals surface area contributed by atoms with Crippen molar-refractivity contribution in [1.82, 2.24) is 0 Å². The molecule has 0 aromatic heterocycles. The molecule has 0 saturated carbocycles. The predicted molar refractivity (Wildman–Crippen MR) is 36.9 cm³/mol. The number of ether oxygens (including phenoxy) is 3. The fraction of sp³-hybridized carbons (Fsp3) is 0.857. The van der Waals surface area contributed by atoms with Gasteiger partial charge < -0.3 is 14.2 Å². The Bertz CT molecular complexity index is 128. The second-order valence-corrected chi connectivity index (χ2v) is 2.22. The van der Waals surface area contributed by atoms with E-state index in [1.165, 1.54) is 0 Å². The first-order valence-electron chi connectivity index (χ1n) is 3.70. The first-order chi connectivity index (χ1) is 5.34. The number of hydrogen-bond donors (Lipinski definition) is 0. The molecule has 4 heteroatoms. The highest BCUT2D eigenvalue weighted by atomic mass is 16.7. The predicted octanol–water partition coefficient (Wildman–Crippen LogP) is 0.312. The van der Waals surface area contributed by atoms with Crippen molar-refractivity contribution in [2.75, 3.05) is 20.0 Å². The minimum absolute atomic E-state index is 0.198. The molecular weight excluding hydrogens is 148 g/mol.